The molecule has 2 amide bonds. The predicted octanol–water partition coefficient (Wildman–Crippen LogP) is 3.63. The fourth-order valence-corrected chi connectivity index (χ4v) is 3.51. The molecule has 0 unspecified atom stereocenters. The zero-order valence-corrected chi connectivity index (χ0v) is 15.4. The van der Waals surface area contributed by atoms with Crippen LogP contribution in [0.25, 0.3) is 0 Å². The number of halogens is 1. The van der Waals surface area contributed by atoms with E-state index in [9.17, 15) is 4.79 Å². The van der Waals surface area contributed by atoms with Crippen molar-refractivity contribution in [3.05, 3.63) is 64.9 Å². The minimum atomic E-state index is -0.274. The van der Waals surface area contributed by atoms with Gasteiger partial charge in [0, 0.05) is 37.1 Å². The number of aromatic nitrogens is 1. The maximum atomic E-state index is 12.8. The maximum absolute atomic E-state index is 12.8. The quantitative estimate of drug-likeness (QED) is 0.841. The number of piperidine rings is 1. The van der Waals surface area contributed by atoms with E-state index >= 15 is 0 Å². The van der Waals surface area contributed by atoms with Crippen LogP contribution in [0.1, 0.15) is 36.4 Å². The van der Waals surface area contributed by atoms with Crippen LogP contribution in [0, 0.1) is 5.92 Å². The summed E-state index contributed by atoms with van der Waals surface area (Å²) in [6.45, 7) is 1.66. The van der Waals surface area contributed by atoms with Crippen molar-refractivity contribution in [2.24, 2.45) is 5.92 Å². The lowest BCUT2D eigenvalue weighted by atomic mass is 9.94. The van der Waals surface area contributed by atoms with Crippen LogP contribution in [-0.4, -0.2) is 40.7 Å². The maximum Gasteiger partial charge on any atom is 0.318 e. The molecule has 2 N–H and O–H groups in total. The average Bonchev–Trinajstić information content (AvgIpc) is 2.68. The summed E-state index contributed by atoms with van der Waals surface area (Å²) in [5.74, 6) is 0.509. The Labute approximate surface area is 159 Å². The number of aliphatic hydroxyl groups excluding tert-OH is 1. The van der Waals surface area contributed by atoms with E-state index in [4.69, 9.17) is 16.7 Å². The second kappa shape index (κ2) is 9.01. The first-order chi connectivity index (χ1) is 12.7. The number of nitrogens with zero attached hydrogens (tertiary/aromatic N) is 2. The van der Waals surface area contributed by atoms with Crippen molar-refractivity contribution in [3.63, 3.8) is 0 Å². The minimum absolute atomic E-state index is 0.0729. The van der Waals surface area contributed by atoms with Crippen molar-refractivity contribution in [3.8, 4) is 0 Å². The molecule has 26 heavy (non-hydrogen) atoms. The number of hydrogen-bond acceptors (Lipinski definition) is 3. The number of nitrogens with one attached hydrogen (secondary N) is 1. The molecule has 3 rings (SSSR count). The molecule has 0 aliphatic carbocycles. The third kappa shape index (κ3) is 4.74. The van der Waals surface area contributed by atoms with Crippen LogP contribution in [0.5, 0.6) is 0 Å². The summed E-state index contributed by atoms with van der Waals surface area (Å²) in [5.41, 5.74) is 1.89. The van der Waals surface area contributed by atoms with Crippen LogP contribution in [0.15, 0.2) is 48.8 Å². The number of hydrogen-bond donors (Lipinski definition) is 2. The molecule has 1 saturated heterocycles. The van der Waals surface area contributed by atoms with Gasteiger partial charge in [0.25, 0.3) is 0 Å². The number of aliphatic hydroxyl groups is 1. The van der Waals surface area contributed by atoms with Crippen molar-refractivity contribution in [2.45, 2.75) is 25.3 Å². The molecule has 1 aliphatic heterocycles. The first kappa shape index (κ1) is 18.7. The van der Waals surface area contributed by atoms with Crippen LogP contribution in [0.4, 0.5) is 4.79 Å². The Kier molecular flexibility index (Phi) is 6.47. The first-order valence-electron chi connectivity index (χ1n) is 8.99. The van der Waals surface area contributed by atoms with Crippen molar-refractivity contribution >= 4 is 17.6 Å². The highest BCUT2D eigenvalue weighted by atomic mass is 35.5. The topological polar surface area (TPSA) is 65.5 Å². The number of likely N-dealkylation sites (tertiary alicyclic amines) is 1. The van der Waals surface area contributed by atoms with Crippen LogP contribution in [0.2, 0.25) is 5.02 Å². The number of benzene rings is 1. The van der Waals surface area contributed by atoms with Gasteiger partial charge in [-0.15, -0.1) is 0 Å². The summed E-state index contributed by atoms with van der Waals surface area (Å²) >= 11 is 6.00. The van der Waals surface area contributed by atoms with Gasteiger partial charge in [-0.25, -0.2) is 4.79 Å². The van der Waals surface area contributed by atoms with Gasteiger partial charge < -0.3 is 15.3 Å². The Hall–Kier alpha value is -2.11. The van der Waals surface area contributed by atoms with Crippen LogP contribution >= 0.6 is 11.6 Å². The van der Waals surface area contributed by atoms with Gasteiger partial charge in [-0.1, -0.05) is 29.8 Å². The van der Waals surface area contributed by atoms with E-state index in [1.807, 2.05) is 41.3 Å². The highest BCUT2D eigenvalue weighted by molar-refractivity contribution is 6.30. The zero-order chi connectivity index (χ0) is 18.4. The number of amides is 2. The summed E-state index contributed by atoms with van der Waals surface area (Å²) in [7, 11) is 0. The third-order valence-electron chi connectivity index (χ3n) is 4.93. The lowest BCUT2D eigenvalue weighted by Crippen LogP contribution is -2.45. The Morgan fingerprint density at radius 1 is 1.23 bits per heavy atom. The van der Waals surface area contributed by atoms with Crippen LogP contribution in [0.3, 0.4) is 0 Å². The number of rotatable bonds is 5. The van der Waals surface area contributed by atoms with E-state index in [1.54, 1.807) is 12.4 Å². The van der Waals surface area contributed by atoms with E-state index in [2.05, 4.69) is 10.3 Å². The van der Waals surface area contributed by atoms with E-state index in [0.717, 1.165) is 43.5 Å². The van der Waals surface area contributed by atoms with Crippen molar-refractivity contribution < 1.29 is 9.90 Å². The number of urea groups is 1. The molecule has 1 aromatic heterocycles. The second-order valence-electron chi connectivity index (χ2n) is 6.66. The molecule has 1 aromatic carbocycles. The summed E-state index contributed by atoms with van der Waals surface area (Å²) < 4.78 is 0. The Morgan fingerprint density at radius 3 is 2.58 bits per heavy atom. The summed E-state index contributed by atoms with van der Waals surface area (Å²) in [4.78, 5) is 18.8. The molecule has 138 valence electrons. The van der Waals surface area contributed by atoms with Gasteiger partial charge in [0.05, 0.1) is 6.04 Å². The second-order valence-corrected chi connectivity index (χ2v) is 7.10. The highest BCUT2D eigenvalue weighted by Crippen LogP contribution is 2.25. The standard InChI is InChI=1S/C20H24ClN3O2/c21-18-5-3-16(4-6-18)19(17-2-1-10-22-14-17)23-20(26)24-11-7-15(8-12-24)9-13-25/h1-6,10,14-15,19,25H,7-9,11-13H2,(H,23,26)/t19-/m0/s1. The Balaban J connectivity index is 1.72. The normalized spacial score (nSPS) is 16.3. The molecule has 1 fully saturated rings. The summed E-state index contributed by atoms with van der Waals surface area (Å²) in [6, 6.07) is 11.0. The first-order valence-corrected chi connectivity index (χ1v) is 9.37. The van der Waals surface area contributed by atoms with E-state index in [1.165, 1.54) is 0 Å². The number of carbonyl (C=O) groups is 1. The van der Waals surface area contributed by atoms with E-state index in [-0.39, 0.29) is 18.7 Å². The monoisotopic (exact) mass is 373 g/mol. The lowest BCUT2D eigenvalue weighted by Gasteiger charge is -2.33. The zero-order valence-electron chi connectivity index (χ0n) is 14.6. The molecular formula is C20H24ClN3O2. The van der Waals surface area contributed by atoms with Crippen molar-refractivity contribution in [2.75, 3.05) is 19.7 Å². The van der Waals surface area contributed by atoms with Gasteiger partial charge >= 0.3 is 6.03 Å². The number of carbonyl (C=O) groups excluding carboxylic acids is 1. The highest BCUT2D eigenvalue weighted by Gasteiger charge is 2.25. The molecule has 5 nitrogen and oxygen atoms in total. The molecular weight excluding hydrogens is 350 g/mol. The van der Waals surface area contributed by atoms with E-state index in [0.29, 0.717) is 10.9 Å². The number of pyridine rings is 1. The fraction of sp³-hybridized carbons (Fsp3) is 0.400. The fourth-order valence-electron chi connectivity index (χ4n) is 3.38. The molecule has 0 saturated carbocycles. The Bertz CT molecular complexity index is 701. The molecule has 0 spiro atoms. The van der Waals surface area contributed by atoms with Crippen LogP contribution in [-0.2, 0) is 0 Å². The van der Waals surface area contributed by atoms with Crippen molar-refractivity contribution in [1.82, 2.24) is 15.2 Å². The largest absolute Gasteiger partial charge is 0.396 e. The molecule has 6 heteroatoms. The summed E-state index contributed by atoms with van der Waals surface area (Å²) in [5, 5.41) is 12.9. The Morgan fingerprint density at radius 2 is 1.96 bits per heavy atom. The van der Waals surface area contributed by atoms with Gasteiger partial charge in [0.15, 0.2) is 0 Å². The smallest absolute Gasteiger partial charge is 0.318 e. The van der Waals surface area contributed by atoms with Crippen molar-refractivity contribution in [1.29, 1.82) is 0 Å². The molecule has 2 heterocycles. The minimum Gasteiger partial charge on any atom is -0.396 e. The molecule has 0 bridgehead atoms. The van der Waals surface area contributed by atoms with Gasteiger partial charge in [-0.05, 0) is 54.5 Å². The van der Waals surface area contributed by atoms with Gasteiger partial charge in [0.2, 0.25) is 0 Å². The van der Waals surface area contributed by atoms with Crippen LogP contribution < -0.4 is 5.32 Å². The lowest BCUT2D eigenvalue weighted by molar-refractivity contribution is 0.156. The third-order valence-corrected chi connectivity index (χ3v) is 5.18. The molecule has 2 aromatic rings. The van der Waals surface area contributed by atoms with Gasteiger partial charge in [-0.2, -0.15) is 0 Å². The SMILES string of the molecule is O=C(N[C@@H](c1ccc(Cl)cc1)c1cccnc1)N1CCC(CCO)CC1. The molecule has 1 aliphatic rings. The molecule has 0 radical (unpaired) electrons. The molecule has 1 atom stereocenters. The van der Waals surface area contributed by atoms with E-state index < -0.39 is 0 Å². The predicted molar refractivity (Wildman–Crippen MR) is 102 cm³/mol. The average molecular weight is 374 g/mol. The van der Waals surface area contributed by atoms with Gasteiger partial charge in [0.1, 0.15) is 0 Å². The van der Waals surface area contributed by atoms with Gasteiger partial charge in [-0.3, -0.25) is 4.98 Å². The summed E-state index contributed by atoms with van der Waals surface area (Å²) in [6.07, 6.45) is 6.18.